The van der Waals surface area contributed by atoms with Crippen molar-refractivity contribution < 1.29 is 20.1 Å². The van der Waals surface area contributed by atoms with Gasteiger partial charge in [0.05, 0.1) is 11.0 Å². The van der Waals surface area contributed by atoms with Crippen molar-refractivity contribution in [2.75, 3.05) is 5.75 Å². The molecule has 3 heterocycles. The van der Waals surface area contributed by atoms with Gasteiger partial charge in [0.15, 0.2) is 5.44 Å². The molecule has 2 aromatic heterocycles. The van der Waals surface area contributed by atoms with Gasteiger partial charge in [0.25, 0.3) is 0 Å². The Kier molecular flexibility index (Phi) is 4.46. The fourth-order valence-corrected chi connectivity index (χ4v) is 3.93. The lowest BCUT2D eigenvalue weighted by atomic mass is 10.1. The molecule has 1 saturated heterocycles. The molecule has 4 atom stereocenters. The molecule has 0 radical (unpaired) electrons. The monoisotopic (exact) mass is 325 g/mol. The summed E-state index contributed by atoms with van der Waals surface area (Å²) >= 11 is 2.83. The third kappa shape index (κ3) is 3.07. The van der Waals surface area contributed by atoms with Crippen molar-refractivity contribution in [2.45, 2.75) is 23.7 Å². The van der Waals surface area contributed by atoms with Gasteiger partial charge < -0.3 is 20.1 Å². The van der Waals surface area contributed by atoms with E-state index in [1.54, 1.807) is 29.7 Å². The summed E-state index contributed by atoms with van der Waals surface area (Å²) in [6.07, 6.45) is -1.59. The van der Waals surface area contributed by atoms with Crippen LogP contribution >= 0.6 is 23.1 Å². The van der Waals surface area contributed by atoms with E-state index in [9.17, 15) is 15.3 Å². The van der Waals surface area contributed by atoms with E-state index in [0.717, 1.165) is 4.88 Å². The Morgan fingerprint density at radius 1 is 1.14 bits per heavy atom. The maximum absolute atomic E-state index is 10.0. The molecule has 3 rings (SSSR count). The number of aromatic nitrogens is 1. The van der Waals surface area contributed by atoms with Gasteiger partial charge in [-0.25, -0.2) is 0 Å². The van der Waals surface area contributed by atoms with Crippen LogP contribution in [0.5, 0.6) is 5.75 Å². The second-order valence-corrected chi connectivity index (χ2v) is 6.77. The minimum absolute atomic E-state index is 0.317. The van der Waals surface area contributed by atoms with Crippen molar-refractivity contribution in [3.63, 3.8) is 0 Å². The van der Waals surface area contributed by atoms with E-state index in [2.05, 4.69) is 4.98 Å². The highest BCUT2D eigenvalue weighted by molar-refractivity contribution is 7.99. The molecular formula is C14H15NO4S2. The van der Waals surface area contributed by atoms with E-state index in [4.69, 9.17) is 4.74 Å². The van der Waals surface area contributed by atoms with Crippen molar-refractivity contribution in [3.05, 3.63) is 35.8 Å². The Morgan fingerprint density at radius 3 is 2.76 bits per heavy atom. The summed E-state index contributed by atoms with van der Waals surface area (Å²) in [5, 5.41) is 31.3. The Morgan fingerprint density at radius 2 is 2.00 bits per heavy atom. The van der Waals surface area contributed by atoms with Crippen LogP contribution in [0.15, 0.2) is 35.8 Å². The molecule has 2 aromatic rings. The molecule has 0 unspecified atom stereocenters. The van der Waals surface area contributed by atoms with E-state index in [1.165, 1.54) is 11.8 Å². The zero-order chi connectivity index (χ0) is 14.8. The summed E-state index contributed by atoms with van der Waals surface area (Å²) in [7, 11) is 0. The SMILES string of the molecule is O[C@@H]1[C@@H](O)[C@@H](Oc2cccnc2-c2cccs2)SC[C@H]1O. The minimum atomic E-state index is -1.20. The highest BCUT2D eigenvalue weighted by atomic mass is 32.2. The van der Waals surface area contributed by atoms with E-state index in [-0.39, 0.29) is 0 Å². The first-order valence-electron chi connectivity index (χ1n) is 6.48. The molecule has 21 heavy (non-hydrogen) atoms. The van der Waals surface area contributed by atoms with Crippen LogP contribution in [0.1, 0.15) is 0 Å². The summed E-state index contributed by atoms with van der Waals surface area (Å²) in [6, 6.07) is 7.43. The van der Waals surface area contributed by atoms with Crippen LogP contribution in [0.4, 0.5) is 0 Å². The highest BCUT2D eigenvalue weighted by Crippen LogP contribution is 2.35. The van der Waals surface area contributed by atoms with E-state index >= 15 is 0 Å². The fraction of sp³-hybridized carbons (Fsp3) is 0.357. The first-order chi connectivity index (χ1) is 10.2. The average molecular weight is 325 g/mol. The number of hydrogen-bond acceptors (Lipinski definition) is 7. The quantitative estimate of drug-likeness (QED) is 0.790. The Hall–Kier alpha value is -1.12. The number of nitrogens with zero attached hydrogens (tertiary/aromatic N) is 1. The summed E-state index contributed by atoms with van der Waals surface area (Å²) in [4.78, 5) is 5.30. The fourth-order valence-electron chi connectivity index (χ4n) is 2.09. The first kappa shape index (κ1) is 14.8. The van der Waals surface area contributed by atoms with Crippen molar-refractivity contribution >= 4 is 23.1 Å². The van der Waals surface area contributed by atoms with Gasteiger partial charge in [-0.05, 0) is 23.6 Å². The predicted molar refractivity (Wildman–Crippen MR) is 82.4 cm³/mol. The third-order valence-corrected chi connectivity index (χ3v) is 5.34. The average Bonchev–Trinajstić information content (AvgIpc) is 3.02. The van der Waals surface area contributed by atoms with Gasteiger partial charge in [0.2, 0.25) is 0 Å². The van der Waals surface area contributed by atoms with Crippen LogP contribution < -0.4 is 4.74 Å². The molecule has 0 aliphatic carbocycles. The van der Waals surface area contributed by atoms with E-state index in [0.29, 0.717) is 17.2 Å². The van der Waals surface area contributed by atoms with Gasteiger partial charge in [-0.15, -0.1) is 23.1 Å². The maximum atomic E-state index is 10.0. The highest BCUT2D eigenvalue weighted by Gasteiger charge is 2.38. The van der Waals surface area contributed by atoms with Gasteiger partial charge in [0.1, 0.15) is 23.7 Å². The lowest BCUT2D eigenvalue weighted by Gasteiger charge is -2.34. The van der Waals surface area contributed by atoms with Crippen molar-refractivity contribution in [1.29, 1.82) is 0 Å². The normalized spacial score (nSPS) is 29.3. The van der Waals surface area contributed by atoms with Crippen LogP contribution in [0, 0.1) is 0 Å². The zero-order valence-corrected chi connectivity index (χ0v) is 12.6. The molecule has 0 bridgehead atoms. The lowest BCUT2D eigenvalue weighted by molar-refractivity contribution is -0.0785. The van der Waals surface area contributed by atoms with Gasteiger partial charge >= 0.3 is 0 Å². The van der Waals surface area contributed by atoms with Gasteiger partial charge in [-0.3, -0.25) is 4.98 Å². The number of thiophene rings is 1. The molecule has 0 aromatic carbocycles. The molecule has 1 aliphatic rings. The molecule has 0 spiro atoms. The van der Waals surface area contributed by atoms with Crippen LogP contribution in [0.25, 0.3) is 10.6 Å². The zero-order valence-electron chi connectivity index (χ0n) is 11.0. The second-order valence-electron chi connectivity index (χ2n) is 4.70. The number of aliphatic hydroxyl groups is 3. The Balaban J connectivity index is 1.83. The largest absolute Gasteiger partial charge is 0.475 e. The van der Waals surface area contributed by atoms with E-state index < -0.39 is 23.7 Å². The second kappa shape index (κ2) is 6.33. The number of aliphatic hydroxyl groups excluding tert-OH is 3. The molecule has 5 nitrogen and oxygen atoms in total. The molecule has 0 amide bonds. The number of rotatable bonds is 3. The molecule has 0 saturated carbocycles. The van der Waals surface area contributed by atoms with Crippen LogP contribution in [-0.4, -0.2) is 49.8 Å². The third-order valence-electron chi connectivity index (χ3n) is 3.22. The first-order valence-corrected chi connectivity index (χ1v) is 8.41. The number of ether oxygens (including phenoxy) is 1. The smallest absolute Gasteiger partial charge is 0.173 e. The Labute approximate surface area is 130 Å². The van der Waals surface area contributed by atoms with Crippen molar-refractivity contribution in [1.82, 2.24) is 4.98 Å². The number of hydrogen-bond donors (Lipinski definition) is 3. The van der Waals surface area contributed by atoms with E-state index in [1.807, 2.05) is 17.5 Å². The van der Waals surface area contributed by atoms with Crippen LogP contribution in [0.2, 0.25) is 0 Å². The summed E-state index contributed by atoms with van der Waals surface area (Å²) in [5.41, 5.74) is 0.0761. The summed E-state index contributed by atoms with van der Waals surface area (Å²) < 4.78 is 5.83. The minimum Gasteiger partial charge on any atom is -0.475 e. The predicted octanol–water partition coefficient (Wildman–Crippen LogP) is 1.34. The molecular weight excluding hydrogens is 310 g/mol. The van der Waals surface area contributed by atoms with Gasteiger partial charge in [-0.2, -0.15) is 0 Å². The number of pyridine rings is 1. The maximum Gasteiger partial charge on any atom is 0.173 e. The van der Waals surface area contributed by atoms with Crippen LogP contribution in [0.3, 0.4) is 0 Å². The topological polar surface area (TPSA) is 82.8 Å². The van der Waals surface area contributed by atoms with Gasteiger partial charge in [0, 0.05) is 11.9 Å². The van der Waals surface area contributed by atoms with Gasteiger partial charge in [-0.1, -0.05) is 6.07 Å². The molecule has 112 valence electrons. The van der Waals surface area contributed by atoms with Crippen molar-refractivity contribution in [2.24, 2.45) is 0 Å². The standard InChI is InChI=1S/C14H15NO4S2/c16-8-7-21-14(13(18)12(8)17)19-9-3-1-5-15-11(9)10-4-2-6-20-10/h1-6,8,12-14,16-18H,7H2/t8-,12+,13-,14+/m1/s1. The van der Waals surface area contributed by atoms with Crippen LogP contribution in [-0.2, 0) is 0 Å². The molecule has 3 N–H and O–H groups in total. The summed E-state index contributed by atoms with van der Waals surface area (Å²) in [6.45, 7) is 0. The number of thioether (sulfide) groups is 1. The summed E-state index contributed by atoms with van der Waals surface area (Å²) in [5.74, 6) is 0.873. The molecule has 1 aliphatic heterocycles. The lowest BCUT2D eigenvalue weighted by Crippen LogP contribution is -2.50. The molecule has 7 heteroatoms. The van der Waals surface area contributed by atoms with Crippen molar-refractivity contribution in [3.8, 4) is 16.3 Å². The Bertz CT molecular complexity index is 592. The molecule has 1 fully saturated rings.